The van der Waals surface area contributed by atoms with Gasteiger partial charge < -0.3 is 15.4 Å². The van der Waals surface area contributed by atoms with E-state index in [0.29, 0.717) is 17.0 Å². The van der Waals surface area contributed by atoms with Crippen LogP contribution in [0.2, 0.25) is 0 Å². The number of sulfonamides is 1. The first-order valence-corrected chi connectivity index (χ1v) is 10.1. The van der Waals surface area contributed by atoms with Crippen LogP contribution in [0.5, 0.6) is 5.75 Å². The van der Waals surface area contributed by atoms with E-state index in [4.69, 9.17) is 9.88 Å². The molecule has 2 amide bonds. The number of rotatable bonds is 7. The summed E-state index contributed by atoms with van der Waals surface area (Å²) in [5.74, 6) is -0.652. The number of methoxy groups -OCH3 is 1. The molecule has 2 rings (SSSR count). The van der Waals surface area contributed by atoms with E-state index in [1.807, 2.05) is 0 Å². The number of carbonyl (C=O) groups excluding carboxylic acids is 2. The summed E-state index contributed by atoms with van der Waals surface area (Å²) in [7, 11) is -2.35. The van der Waals surface area contributed by atoms with Crippen LogP contribution in [-0.2, 0) is 14.8 Å². The largest absolute Gasteiger partial charge is 0.496 e. The maximum atomic E-state index is 12.7. The second-order valence-electron chi connectivity index (χ2n) is 6.45. The lowest BCUT2D eigenvalue weighted by atomic mass is 10.0. The summed E-state index contributed by atoms with van der Waals surface area (Å²) < 4.78 is 27.8. The summed E-state index contributed by atoms with van der Waals surface area (Å²) >= 11 is 0. The number of nitrogens with two attached hydrogens (primary N) is 1. The molecule has 0 bridgehead atoms. The first kappa shape index (κ1) is 21.4. The first-order valence-electron chi connectivity index (χ1n) is 8.51. The molecular formula is C19H23N3O5S. The Morgan fingerprint density at radius 3 is 2.18 bits per heavy atom. The highest BCUT2D eigenvalue weighted by Crippen LogP contribution is 2.18. The minimum Gasteiger partial charge on any atom is -0.496 e. The smallest absolute Gasteiger partial charge is 0.255 e. The number of para-hydroxylation sites is 1. The SMILES string of the molecule is COc1ccccc1C(=O)N[C@H](C(=O)Nc1ccc(S(N)(=O)=O)cc1)C(C)C. The average molecular weight is 405 g/mol. The van der Waals surface area contributed by atoms with Crippen molar-refractivity contribution in [2.75, 3.05) is 12.4 Å². The zero-order valence-electron chi connectivity index (χ0n) is 15.8. The number of hydrogen-bond donors (Lipinski definition) is 3. The van der Waals surface area contributed by atoms with Gasteiger partial charge in [0, 0.05) is 5.69 Å². The van der Waals surface area contributed by atoms with Crippen LogP contribution in [0, 0.1) is 5.92 Å². The number of amides is 2. The normalized spacial score (nSPS) is 12.3. The maximum Gasteiger partial charge on any atom is 0.255 e. The van der Waals surface area contributed by atoms with Gasteiger partial charge in [-0.05, 0) is 42.3 Å². The summed E-state index contributed by atoms with van der Waals surface area (Å²) in [6.45, 7) is 3.60. The van der Waals surface area contributed by atoms with Gasteiger partial charge in [-0.1, -0.05) is 26.0 Å². The molecule has 8 nitrogen and oxygen atoms in total. The second kappa shape index (κ2) is 8.85. The molecule has 0 saturated carbocycles. The fraction of sp³-hybridized carbons (Fsp3) is 0.263. The maximum absolute atomic E-state index is 12.7. The van der Waals surface area contributed by atoms with E-state index in [1.54, 1.807) is 38.1 Å². The van der Waals surface area contributed by atoms with Crippen molar-refractivity contribution in [1.82, 2.24) is 5.32 Å². The van der Waals surface area contributed by atoms with Gasteiger partial charge in [0.25, 0.3) is 5.91 Å². The fourth-order valence-corrected chi connectivity index (χ4v) is 3.05. The van der Waals surface area contributed by atoms with E-state index >= 15 is 0 Å². The highest BCUT2D eigenvalue weighted by molar-refractivity contribution is 7.89. The number of hydrogen-bond acceptors (Lipinski definition) is 5. The van der Waals surface area contributed by atoms with Gasteiger partial charge in [0.15, 0.2) is 0 Å². The monoisotopic (exact) mass is 405 g/mol. The Bertz CT molecular complexity index is 956. The summed E-state index contributed by atoms with van der Waals surface area (Å²) in [5.41, 5.74) is 0.704. The topological polar surface area (TPSA) is 128 Å². The number of nitrogens with one attached hydrogen (secondary N) is 2. The van der Waals surface area contributed by atoms with E-state index < -0.39 is 27.9 Å². The Kier molecular flexibility index (Phi) is 6.76. The number of anilines is 1. The van der Waals surface area contributed by atoms with Crippen LogP contribution < -0.4 is 20.5 Å². The predicted octanol–water partition coefficient (Wildman–Crippen LogP) is 1.74. The highest BCUT2D eigenvalue weighted by atomic mass is 32.2. The number of primary sulfonamides is 1. The average Bonchev–Trinajstić information content (AvgIpc) is 2.65. The number of carbonyl (C=O) groups is 2. The molecule has 0 unspecified atom stereocenters. The Labute approximate surface area is 164 Å². The molecule has 150 valence electrons. The lowest BCUT2D eigenvalue weighted by Crippen LogP contribution is -2.47. The number of benzene rings is 2. The van der Waals surface area contributed by atoms with Gasteiger partial charge in [-0.3, -0.25) is 9.59 Å². The van der Waals surface area contributed by atoms with E-state index in [2.05, 4.69) is 10.6 Å². The minimum atomic E-state index is -3.81. The van der Waals surface area contributed by atoms with Gasteiger partial charge in [-0.25, -0.2) is 13.6 Å². The molecule has 2 aromatic rings. The van der Waals surface area contributed by atoms with Crippen LogP contribution >= 0.6 is 0 Å². The first-order chi connectivity index (χ1) is 13.1. The molecule has 2 aromatic carbocycles. The third-order valence-corrected chi connectivity index (χ3v) is 4.97. The third kappa shape index (κ3) is 5.30. The van der Waals surface area contributed by atoms with Gasteiger partial charge in [-0.15, -0.1) is 0 Å². The van der Waals surface area contributed by atoms with Crippen molar-refractivity contribution in [3.63, 3.8) is 0 Å². The Morgan fingerprint density at radius 1 is 1.04 bits per heavy atom. The molecule has 0 aliphatic heterocycles. The van der Waals surface area contributed by atoms with E-state index in [1.165, 1.54) is 31.4 Å². The Balaban J connectivity index is 2.15. The molecule has 9 heteroatoms. The molecule has 4 N–H and O–H groups in total. The van der Waals surface area contributed by atoms with Crippen molar-refractivity contribution >= 4 is 27.5 Å². The lowest BCUT2D eigenvalue weighted by Gasteiger charge is -2.22. The zero-order chi connectivity index (χ0) is 20.9. The molecule has 1 atom stereocenters. The molecule has 0 fully saturated rings. The standard InChI is InChI=1S/C19H23N3O5S/c1-12(2)17(22-18(23)15-6-4-5-7-16(15)27-3)19(24)21-13-8-10-14(11-9-13)28(20,25)26/h4-12,17H,1-3H3,(H,21,24)(H,22,23)(H2,20,25,26)/t17-/m0/s1. The molecule has 0 heterocycles. The molecule has 0 aliphatic carbocycles. The molecule has 28 heavy (non-hydrogen) atoms. The predicted molar refractivity (Wildman–Crippen MR) is 106 cm³/mol. The highest BCUT2D eigenvalue weighted by Gasteiger charge is 2.26. The third-order valence-electron chi connectivity index (χ3n) is 4.04. The Hall–Kier alpha value is -2.91. The van der Waals surface area contributed by atoms with Crippen molar-refractivity contribution in [2.24, 2.45) is 11.1 Å². The lowest BCUT2D eigenvalue weighted by molar-refractivity contribution is -0.118. The van der Waals surface area contributed by atoms with Crippen LogP contribution in [0.3, 0.4) is 0 Å². The zero-order valence-corrected chi connectivity index (χ0v) is 16.6. The molecule has 0 spiro atoms. The van der Waals surface area contributed by atoms with Gasteiger partial charge in [0.1, 0.15) is 11.8 Å². The van der Waals surface area contributed by atoms with Gasteiger partial charge >= 0.3 is 0 Å². The Morgan fingerprint density at radius 2 is 1.64 bits per heavy atom. The molecule has 0 radical (unpaired) electrons. The van der Waals surface area contributed by atoms with Gasteiger partial charge in [0.2, 0.25) is 15.9 Å². The minimum absolute atomic E-state index is 0.0598. The van der Waals surface area contributed by atoms with Crippen molar-refractivity contribution in [3.05, 3.63) is 54.1 Å². The van der Waals surface area contributed by atoms with Crippen LogP contribution in [0.1, 0.15) is 24.2 Å². The van der Waals surface area contributed by atoms with Crippen molar-refractivity contribution < 1.29 is 22.7 Å². The molecule has 0 aromatic heterocycles. The van der Waals surface area contributed by atoms with Crippen LogP contribution in [-0.4, -0.2) is 33.4 Å². The van der Waals surface area contributed by atoms with E-state index in [9.17, 15) is 18.0 Å². The fourth-order valence-electron chi connectivity index (χ4n) is 2.53. The summed E-state index contributed by atoms with van der Waals surface area (Å²) in [4.78, 5) is 25.2. The summed E-state index contributed by atoms with van der Waals surface area (Å²) in [6, 6.07) is 11.3. The van der Waals surface area contributed by atoms with Crippen molar-refractivity contribution in [2.45, 2.75) is 24.8 Å². The summed E-state index contributed by atoms with van der Waals surface area (Å²) in [6.07, 6.45) is 0. The van der Waals surface area contributed by atoms with Gasteiger partial charge in [0.05, 0.1) is 17.6 Å². The van der Waals surface area contributed by atoms with Crippen molar-refractivity contribution in [1.29, 1.82) is 0 Å². The summed E-state index contributed by atoms with van der Waals surface area (Å²) in [5, 5.41) is 10.4. The van der Waals surface area contributed by atoms with Crippen LogP contribution in [0.15, 0.2) is 53.4 Å². The van der Waals surface area contributed by atoms with Crippen molar-refractivity contribution in [3.8, 4) is 5.75 Å². The quantitative estimate of drug-likeness (QED) is 0.646. The molecule has 0 aliphatic rings. The van der Waals surface area contributed by atoms with Gasteiger partial charge in [-0.2, -0.15) is 0 Å². The second-order valence-corrected chi connectivity index (χ2v) is 8.02. The van der Waals surface area contributed by atoms with E-state index in [0.717, 1.165) is 0 Å². The number of ether oxygens (including phenoxy) is 1. The van der Waals surface area contributed by atoms with Crippen LogP contribution in [0.25, 0.3) is 0 Å². The molecular weight excluding hydrogens is 382 g/mol. The molecule has 0 saturated heterocycles. The van der Waals surface area contributed by atoms with Crippen LogP contribution in [0.4, 0.5) is 5.69 Å². The van der Waals surface area contributed by atoms with E-state index in [-0.39, 0.29) is 10.8 Å².